The molecule has 0 bridgehead atoms. The number of imidazole rings is 1. The van der Waals surface area contributed by atoms with E-state index in [0.717, 1.165) is 51.9 Å². The van der Waals surface area contributed by atoms with Crippen LogP contribution in [0.4, 0.5) is 5.00 Å². The third kappa shape index (κ3) is 4.06. The number of carbonyl (C=O) groups is 1. The Labute approximate surface area is 206 Å². The number of hydrogen-bond acceptors (Lipinski definition) is 7. The molecule has 10 heteroatoms. The van der Waals surface area contributed by atoms with E-state index in [-0.39, 0.29) is 11.9 Å². The van der Waals surface area contributed by atoms with Crippen LogP contribution < -0.4 is 4.90 Å². The molecular weight excluding hydrogens is 460 g/mol. The van der Waals surface area contributed by atoms with Crippen molar-refractivity contribution in [3.05, 3.63) is 72.0 Å². The van der Waals surface area contributed by atoms with E-state index >= 15 is 0 Å². The molecule has 1 unspecified atom stereocenters. The number of fused-ring (bicyclic) bond motifs is 1. The fourth-order valence-corrected chi connectivity index (χ4v) is 5.50. The first-order valence-electron chi connectivity index (χ1n) is 11.5. The molecule has 1 aliphatic rings. The molecule has 1 fully saturated rings. The molecule has 0 aliphatic carbocycles. The fourth-order valence-electron chi connectivity index (χ4n) is 4.66. The summed E-state index contributed by atoms with van der Waals surface area (Å²) >= 11 is 1.61. The van der Waals surface area contributed by atoms with Crippen molar-refractivity contribution in [3.8, 4) is 17.2 Å². The van der Waals surface area contributed by atoms with Crippen molar-refractivity contribution in [2.45, 2.75) is 19.4 Å². The smallest absolute Gasteiger partial charge is 0.227 e. The van der Waals surface area contributed by atoms with Crippen molar-refractivity contribution >= 4 is 33.3 Å². The number of nitrogens with one attached hydrogen (secondary N) is 1. The molecule has 0 spiro atoms. The molecule has 1 amide bonds. The normalized spacial score (nSPS) is 16.2. The SMILES string of the molecule is CC1CN(c2scnc2-c2nc3ccccc3[nH]2)CCN1C(=O)Cc1ccccc1-n1nccn1. The lowest BCUT2D eigenvalue weighted by atomic mass is 10.1. The summed E-state index contributed by atoms with van der Waals surface area (Å²) in [4.78, 5) is 31.9. The molecule has 4 heterocycles. The Kier molecular flexibility index (Phi) is 5.49. The molecular formula is C25H24N8OS. The van der Waals surface area contributed by atoms with Crippen LogP contribution in [0.15, 0.2) is 66.4 Å². The second-order valence-corrected chi connectivity index (χ2v) is 9.45. The summed E-state index contributed by atoms with van der Waals surface area (Å²) in [5.41, 5.74) is 6.39. The first-order valence-corrected chi connectivity index (χ1v) is 12.4. The van der Waals surface area contributed by atoms with Crippen molar-refractivity contribution < 1.29 is 4.79 Å². The van der Waals surface area contributed by atoms with Gasteiger partial charge in [-0.2, -0.15) is 15.0 Å². The van der Waals surface area contributed by atoms with Gasteiger partial charge in [-0.05, 0) is 30.7 Å². The molecule has 9 nitrogen and oxygen atoms in total. The van der Waals surface area contributed by atoms with Gasteiger partial charge in [0, 0.05) is 25.7 Å². The molecule has 176 valence electrons. The summed E-state index contributed by atoms with van der Waals surface area (Å²) in [7, 11) is 0. The third-order valence-corrected chi connectivity index (χ3v) is 7.25. The Bertz CT molecular complexity index is 1440. The van der Waals surface area contributed by atoms with Crippen molar-refractivity contribution in [1.29, 1.82) is 0 Å². The number of amides is 1. The first-order chi connectivity index (χ1) is 17.2. The van der Waals surface area contributed by atoms with Gasteiger partial charge in [0.1, 0.15) is 10.7 Å². The number of thiazole rings is 1. The minimum atomic E-state index is 0.0665. The van der Waals surface area contributed by atoms with Crippen LogP contribution in [0.2, 0.25) is 0 Å². The van der Waals surface area contributed by atoms with Gasteiger partial charge in [-0.3, -0.25) is 4.79 Å². The number of nitrogens with zero attached hydrogens (tertiary/aromatic N) is 7. The zero-order valence-electron chi connectivity index (χ0n) is 19.2. The molecule has 5 aromatic rings. The number of carbonyl (C=O) groups excluding carboxylic acids is 1. The minimum Gasteiger partial charge on any atom is -0.358 e. The van der Waals surface area contributed by atoms with Crippen LogP contribution in [0, 0.1) is 0 Å². The number of benzene rings is 2. The predicted molar refractivity (Wildman–Crippen MR) is 136 cm³/mol. The summed E-state index contributed by atoms with van der Waals surface area (Å²) in [6.45, 7) is 4.24. The van der Waals surface area contributed by atoms with E-state index in [1.165, 1.54) is 0 Å². The van der Waals surface area contributed by atoms with Crippen molar-refractivity contribution in [1.82, 2.24) is 34.8 Å². The van der Waals surface area contributed by atoms with Gasteiger partial charge in [0.15, 0.2) is 5.82 Å². The third-order valence-electron chi connectivity index (χ3n) is 6.36. The molecule has 1 saturated heterocycles. The van der Waals surface area contributed by atoms with E-state index in [2.05, 4.69) is 32.0 Å². The molecule has 6 rings (SSSR count). The molecule has 0 saturated carbocycles. The number of H-pyrrole nitrogens is 1. The number of aromatic amines is 1. The maximum absolute atomic E-state index is 13.3. The quantitative estimate of drug-likeness (QED) is 0.410. The van der Waals surface area contributed by atoms with Crippen molar-refractivity contribution in [2.24, 2.45) is 0 Å². The Hall–Kier alpha value is -4.05. The van der Waals surface area contributed by atoms with Gasteiger partial charge in [0.05, 0.1) is 41.0 Å². The maximum atomic E-state index is 13.3. The highest BCUT2D eigenvalue weighted by Crippen LogP contribution is 2.34. The highest BCUT2D eigenvalue weighted by atomic mass is 32.1. The number of aromatic nitrogens is 6. The van der Waals surface area contributed by atoms with Gasteiger partial charge < -0.3 is 14.8 Å². The van der Waals surface area contributed by atoms with Crippen LogP contribution in [0.3, 0.4) is 0 Å². The number of hydrogen-bond donors (Lipinski definition) is 1. The van der Waals surface area contributed by atoms with Gasteiger partial charge in [-0.25, -0.2) is 9.97 Å². The second kappa shape index (κ2) is 8.95. The number of anilines is 1. The first kappa shape index (κ1) is 21.5. The van der Waals surface area contributed by atoms with Crippen LogP contribution >= 0.6 is 11.3 Å². The lowest BCUT2D eigenvalue weighted by molar-refractivity contribution is -0.132. The zero-order chi connectivity index (χ0) is 23.8. The van der Waals surface area contributed by atoms with E-state index < -0.39 is 0 Å². The molecule has 35 heavy (non-hydrogen) atoms. The zero-order valence-corrected chi connectivity index (χ0v) is 20.0. The van der Waals surface area contributed by atoms with E-state index in [4.69, 9.17) is 4.98 Å². The topological polar surface area (TPSA) is 95.8 Å². The van der Waals surface area contributed by atoms with Crippen LogP contribution in [0.25, 0.3) is 28.2 Å². The largest absolute Gasteiger partial charge is 0.358 e. The molecule has 1 aliphatic heterocycles. The van der Waals surface area contributed by atoms with Crippen LogP contribution in [0.5, 0.6) is 0 Å². The molecule has 2 aromatic carbocycles. The van der Waals surface area contributed by atoms with Gasteiger partial charge in [-0.15, -0.1) is 11.3 Å². The molecule has 3 aromatic heterocycles. The lowest BCUT2D eigenvalue weighted by Gasteiger charge is -2.40. The van der Waals surface area contributed by atoms with Crippen LogP contribution in [-0.4, -0.2) is 66.4 Å². The summed E-state index contributed by atoms with van der Waals surface area (Å²) < 4.78 is 0. The highest BCUT2D eigenvalue weighted by Gasteiger charge is 2.30. The summed E-state index contributed by atoms with van der Waals surface area (Å²) in [5, 5.41) is 9.54. The standard InChI is InChI=1S/C25H24N8OS/c1-17-15-31(25-23(26-16-35-25)24-29-19-7-3-4-8-20(19)30-24)12-13-32(17)22(34)14-18-6-2-5-9-21(18)33-27-10-11-28-33/h2-11,16-17H,12-15H2,1H3,(H,29,30). The fraction of sp³-hybridized carbons (Fsp3) is 0.240. The van der Waals surface area contributed by atoms with E-state index in [1.54, 1.807) is 28.5 Å². The van der Waals surface area contributed by atoms with Crippen LogP contribution in [-0.2, 0) is 11.2 Å². The average Bonchev–Trinajstić information content (AvgIpc) is 3.64. The van der Waals surface area contributed by atoms with E-state index in [0.29, 0.717) is 13.0 Å². The average molecular weight is 485 g/mol. The lowest BCUT2D eigenvalue weighted by Crippen LogP contribution is -2.54. The highest BCUT2D eigenvalue weighted by molar-refractivity contribution is 7.14. The molecule has 0 radical (unpaired) electrons. The maximum Gasteiger partial charge on any atom is 0.227 e. The van der Waals surface area contributed by atoms with Gasteiger partial charge >= 0.3 is 0 Å². The molecule has 1 atom stereocenters. The van der Waals surface area contributed by atoms with Gasteiger partial charge in [-0.1, -0.05) is 30.3 Å². The van der Waals surface area contributed by atoms with Gasteiger partial charge in [0.2, 0.25) is 5.91 Å². The monoisotopic (exact) mass is 484 g/mol. The van der Waals surface area contributed by atoms with Gasteiger partial charge in [0.25, 0.3) is 0 Å². The number of para-hydroxylation sites is 3. The summed E-state index contributed by atoms with van der Waals surface area (Å²) in [6, 6.07) is 15.8. The Morgan fingerprint density at radius 3 is 2.71 bits per heavy atom. The van der Waals surface area contributed by atoms with Crippen molar-refractivity contribution in [2.75, 3.05) is 24.5 Å². The second-order valence-electron chi connectivity index (χ2n) is 8.61. The Balaban J connectivity index is 1.18. The minimum absolute atomic E-state index is 0.0665. The van der Waals surface area contributed by atoms with Crippen LogP contribution in [0.1, 0.15) is 12.5 Å². The summed E-state index contributed by atoms with van der Waals surface area (Å²) in [5.74, 6) is 0.885. The molecule has 1 N–H and O–H groups in total. The van der Waals surface area contributed by atoms with Crippen molar-refractivity contribution in [3.63, 3.8) is 0 Å². The summed E-state index contributed by atoms with van der Waals surface area (Å²) in [6.07, 6.45) is 3.59. The number of piperazine rings is 1. The number of rotatable bonds is 5. The van der Waals surface area contributed by atoms with E-state index in [9.17, 15) is 4.79 Å². The Morgan fingerprint density at radius 2 is 1.89 bits per heavy atom. The predicted octanol–water partition coefficient (Wildman–Crippen LogP) is 3.55. The Morgan fingerprint density at radius 1 is 1.09 bits per heavy atom. The van der Waals surface area contributed by atoms with E-state index in [1.807, 2.05) is 58.9 Å².